The highest BCUT2D eigenvalue weighted by Gasteiger charge is 2.30. The monoisotopic (exact) mass is 256 g/mol. The summed E-state index contributed by atoms with van der Waals surface area (Å²) in [6, 6.07) is 0. The van der Waals surface area contributed by atoms with Gasteiger partial charge in [-0.2, -0.15) is 0 Å². The molecule has 4 nitrogen and oxygen atoms in total. The third-order valence-electron chi connectivity index (χ3n) is 4.58. The minimum absolute atomic E-state index is 0.514. The second kappa shape index (κ2) is 6.02. The maximum atomic E-state index is 10.9. The molecule has 1 aliphatic rings. The summed E-state index contributed by atoms with van der Waals surface area (Å²) in [6.07, 6.45) is 5.16. The zero-order chi connectivity index (χ0) is 13.8. The Morgan fingerprint density at radius 2 is 2.00 bits per heavy atom. The summed E-state index contributed by atoms with van der Waals surface area (Å²) in [6.45, 7) is 9.48. The summed E-state index contributed by atoms with van der Waals surface area (Å²) in [4.78, 5) is 13.3. The number of hydrogen-bond donors (Lipinski definition) is 2. The van der Waals surface area contributed by atoms with Crippen molar-refractivity contribution in [3.63, 3.8) is 0 Å². The van der Waals surface area contributed by atoms with Crippen molar-refractivity contribution in [2.75, 3.05) is 19.6 Å². The lowest BCUT2D eigenvalue weighted by molar-refractivity contribution is -0.142. The Morgan fingerprint density at radius 3 is 2.44 bits per heavy atom. The van der Waals surface area contributed by atoms with Crippen LogP contribution in [0.3, 0.4) is 0 Å². The minimum Gasteiger partial charge on any atom is -0.480 e. The van der Waals surface area contributed by atoms with Gasteiger partial charge in [-0.1, -0.05) is 20.3 Å². The van der Waals surface area contributed by atoms with Gasteiger partial charge in [-0.25, -0.2) is 0 Å². The maximum Gasteiger partial charge on any atom is 0.323 e. The Kier molecular flexibility index (Phi) is 5.17. The van der Waals surface area contributed by atoms with Crippen molar-refractivity contribution < 1.29 is 9.90 Å². The molecule has 1 unspecified atom stereocenters. The summed E-state index contributed by atoms with van der Waals surface area (Å²) in [5.74, 6) is -0.903. The molecule has 0 bridgehead atoms. The second-order valence-electron chi connectivity index (χ2n) is 6.33. The van der Waals surface area contributed by atoms with Gasteiger partial charge in [0.05, 0.1) is 0 Å². The van der Waals surface area contributed by atoms with E-state index in [-0.39, 0.29) is 0 Å². The average molecular weight is 256 g/mol. The van der Waals surface area contributed by atoms with E-state index in [0.29, 0.717) is 11.8 Å². The molecule has 0 aliphatic carbocycles. The topological polar surface area (TPSA) is 66.6 Å². The smallest absolute Gasteiger partial charge is 0.323 e. The van der Waals surface area contributed by atoms with Crippen LogP contribution in [-0.2, 0) is 4.79 Å². The zero-order valence-electron chi connectivity index (χ0n) is 12.0. The summed E-state index contributed by atoms with van der Waals surface area (Å²) in [7, 11) is 0. The molecule has 1 atom stereocenters. The Hall–Kier alpha value is -0.610. The second-order valence-corrected chi connectivity index (χ2v) is 6.33. The molecule has 18 heavy (non-hydrogen) atoms. The van der Waals surface area contributed by atoms with Gasteiger partial charge >= 0.3 is 5.97 Å². The fourth-order valence-electron chi connectivity index (χ4n) is 2.45. The van der Waals surface area contributed by atoms with Gasteiger partial charge < -0.3 is 15.7 Å². The highest BCUT2D eigenvalue weighted by atomic mass is 16.4. The Morgan fingerprint density at radius 1 is 1.44 bits per heavy atom. The van der Waals surface area contributed by atoms with E-state index in [1.807, 2.05) is 0 Å². The molecule has 1 heterocycles. The van der Waals surface area contributed by atoms with Crippen LogP contribution in [0.25, 0.3) is 0 Å². The summed E-state index contributed by atoms with van der Waals surface area (Å²) in [5.41, 5.74) is 5.16. The first kappa shape index (κ1) is 15.4. The van der Waals surface area contributed by atoms with Crippen LogP contribution >= 0.6 is 0 Å². The van der Waals surface area contributed by atoms with E-state index < -0.39 is 11.5 Å². The Labute approximate surface area is 111 Å². The number of piperidine rings is 1. The molecule has 0 aromatic carbocycles. The first-order valence-electron chi connectivity index (χ1n) is 7.04. The van der Waals surface area contributed by atoms with Gasteiger partial charge in [0.15, 0.2) is 0 Å². The summed E-state index contributed by atoms with van der Waals surface area (Å²) < 4.78 is 0. The molecule has 0 aromatic rings. The van der Waals surface area contributed by atoms with E-state index in [4.69, 9.17) is 10.8 Å². The van der Waals surface area contributed by atoms with Crippen LogP contribution in [0.15, 0.2) is 0 Å². The van der Waals surface area contributed by atoms with Gasteiger partial charge in [-0.3, -0.25) is 4.79 Å². The zero-order valence-corrected chi connectivity index (χ0v) is 12.0. The molecule has 0 saturated carbocycles. The van der Waals surface area contributed by atoms with Gasteiger partial charge in [0.1, 0.15) is 5.54 Å². The molecule has 0 amide bonds. The van der Waals surface area contributed by atoms with Crippen LogP contribution in [-0.4, -0.2) is 41.1 Å². The molecular weight excluding hydrogens is 228 g/mol. The minimum atomic E-state index is -1.08. The highest BCUT2D eigenvalue weighted by Crippen LogP contribution is 2.33. The number of carboxylic acid groups (broad SMARTS) is 1. The molecule has 1 aliphatic heterocycles. The molecule has 0 spiro atoms. The van der Waals surface area contributed by atoms with Crippen molar-refractivity contribution >= 4 is 5.97 Å². The van der Waals surface area contributed by atoms with Gasteiger partial charge in [-0.15, -0.1) is 0 Å². The average Bonchev–Trinajstić information content (AvgIpc) is 2.31. The first-order valence-corrected chi connectivity index (χ1v) is 7.04. The third kappa shape index (κ3) is 4.25. The van der Waals surface area contributed by atoms with Crippen LogP contribution in [0.4, 0.5) is 0 Å². The van der Waals surface area contributed by atoms with Crippen LogP contribution in [0, 0.1) is 5.41 Å². The van der Waals surface area contributed by atoms with E-state index in [9.17, 15) is 4.79 Å². The Balaban J connectivity index is 2.25. The first-order chi connectivity index (χ1) is 8.29. The summed E-state index contributed by atoms with van der Waals surface area (Å²) in [5, 5.41) is 8.94. The van der Waals surface area contributed by atoms with Crippen LogP contribution < -0.4 is 5.73 Å². The molecule has 1 saturated heterocycles. The van der Waals surface area contributed by atoms with Gasteiger partial charge in [0.2, 0.25) is 0 Å². The van der Waals surface area contributed by atoms with E-state index >= 15 is 0 Å². The lowest BCUT2D eigenvalue weighted by Gasteiger charge is -2.39. The molecule has 3 N–H and O–H groups in total. The van der Waals surface area contributed by atoms with Crippen LogP contribution in [0.1, 0.15) is 52.9 Å². The quantitative estimate of drug-likeness (QED) is 0.763. The number of aliphatic carboxylic acids is 1. The van der Waals surface area contributed by atoms with Crippen molar-refractivity contribution in [1.29, 1.82) is 0 Å². The Bertz CT molecular complexity index is 282. The lowest BCUT2D eigenvalue weighted by Crippen LogP contribution is -2.45. The number of hydrogen-bond acceptors (Lipinski definition) is 3. The molecule has 0 radical (unpaired) electrons. The maximum absolute atomic E-state index is 10.9. The lowest BCUT2D eigenvalue weighted by atomic mass is 9.78. The molecular formula is C14H28N2O2. The molecule has 0 aromatic heterocycles. The predicted octanol–water partition coefficient (Wildman–Crippen LogP) is 2.08. The van der Waals surface area contributed by atoms with E-state index in [1.165, 1.54) is 19.3 Å². The third-order valence-corrected chi connectivity index (χ3v) is 4.58. The molecule has 1 fully saturated rings. The number of carboxylic acids is 1. The number of rotatable bonds is 6. The fraction of sp³-hybridized carbons (Fsp3) is 0.929. The van der Waals surface area contributed by atoms with Gasteiger partial charge in [-0.05, 0) is 57.7 Å². The largest absolute Gasteiger partial charge is 0.480 e. The van der Waals surface area contributed by atoms with Crippen molar-refractivity contribution in [2.45, 2.75) is 58.4 Å². The normalized spacial score (nSPS) is 23.6. The van der Waals surface area contributed by atoms with Crippen LogP contribution in [0.5, 0.6) is 0 Å². The van der Waals surface area contributed by atoms with E-state index in [0.717, 1.165) is 26.1 Å². The van der Waals surface area contributed by atoms with Gasteiger partial charge in [0.25, 0.3) is 0 Å². The van der Waals surface area contributed by atoms with Crippen LogP contribution in [0.2, 0.25) is 0 Å². The van der Waals surface area contributed by atoms with Crippen molar-refractivity contribution in [3.8, 4) is 0 Å². The summed E-state index contributed by atoms with van der Waals surface area (Å²) >= 11 is 0. The number of nitrogens with zero attached hydrogens (tertiary/aromatic N) is 1. The van der Waals surface area contributed by atoms with E-state index in [2.05, 4.69) is 18.7 Å². The molecule has 4 heteroatoms. The standard InChI is InChI=1S/C14H28N2O2/c1-4-13(2)7-10-16(11-8-13)9-5-6-14(3,15)12(17)18/h4-11,15H2,1-3H3,(H,17,18). The van der Waals surface area contributed by atoms with E-state index in [1.54, 1.807) is 6.92 Å². The number of carbonyl (C=O) groups is 1. The molecule has 1 rings (SSSR count). The fourth-order valence-corrected chi connectivity index (χ4v) is 2.45. The number of nitrogens with two attached hydrogens (primary N) is 1. The van der Waals surface area contributed by atoms with Crippen molar-refractivity contribution in [2.24, 2.45) is 11.1 Å². The highest BCUT2D eigenvalue weighted by molar-refractivity contribution is 5.77. The number of likely N-dealkylation sites (tertiary alicyclic amines) is 1. The predicted molar refractivity (Wildman–Crippen MR) is 73.5 cm³/mol. The van der Waals surface area contributed by atoms with Crippen molar-refractivity contribution in [3.05, 3.63) is 0 Å². The van der Waals surface area contributed by atoms with Gasteiger partial charge in [0, 0.05) is 0 Å². The molecule has 106 valence electrons. The SMILES string of the molecule is CCC1(C)CCN(CCCC(C)(N)C(=O)O)CC1. The van der Waals surface area contributed by atoms with Crippen molar-refractivity contribution in [1.82, 2.24) is 4.90 Å².